The highest BCUT2D eigenvalue weighted by Gasteiger charge is 2.71. The molecule has 2 bridgehead atoms. The van der Waals surface area contributed by atoms with Crippen molar-refractivity contribution in [3.63, 3.8) is 0 Å². The monoisotopic (exact) mass is 486 g/mol. The van der Waals surface area contributed by atoms with Gasteiger partial charge in [-0.25, -0.2) is 4.39 Å². The van der Waals surface area contributed by atoms with E-state index in [1.54, 1.807) is 0 Å². The fourth-order valence-corrected chi connectivity index (χ4v) is 4.96. The number of carbonyl (C=O) groups is 1. The number of benzene rings is 1. The molecule has 1 aromatic carbocycles. The molecule has 3 saturated carbocycles. The van der Waals surface area contributed by atoms with E-state index >= 15 is 0 Å². The summed E-state index contributed by atoms with van der Waals surface area (Å²) in [5.74, 6) is 1.09. The van der Waals surface area contributed by atoms with Crippen LogP contribution in [0.4, 0.5) is 4.39 Å². The number of hydrogen-bond donors (Lipinski definition) is 1. The molecule has 1 N–H and O–H groups in total. The standard InChI is InChI=1S/C24H24ClFN4O4/c1-3-18-19(7-4-14(2)27-18)33-10-21-29-30-22(34-21)23-11-24(12-23,13-23)28-20(31)9-32-15-5-6-16(25)17(26)8-15/h4-8H,3,9-13H2,1-2H3,(H,28,31). The van der Waals surface area contributed by atoms with Crippen LogP contribution < -0.4 is 14.8 Å². The number of pyridine rings is 1. The summed E-state index contributed by atoms with van der Waals surface area (Å²) in [5, 5.41) is 11.4. The Kier molecular flexibility index (Phi) is 5.67. The van der Waals surface area contributed by atoms with Crippen LogP contribution in [0.15, 0.2) is 34.7 Å². The van der Waals surface area contributed by atoms with E-state index in [4.69, 9.17) is 25.5 Å². The highest BCUT2D eigenvalue weighted by atomic mass is 35.5. The zero-order valence-corrected chi connectivity index (χ0v) is 19.6. The van der Waals surface area contributed by atoms with Gasteiger partial charge in [-0.1, -0.05) is 18.5 Å². The predicted octanol–water partition coefficient (Wildman–Crippen LogP) is 4.08. The maximum Gasteiger partial charge on any atom is 0.258 e. The minimum atomic E-state index is -0.591. The molecule has 3 aliphatic rings. The average Bonchev–Trinajstić information content (AvgIpc) is 3.23. The second kappa shape index (κ2) is 8.54. The summed E-state index contributed by atoms with van der Waals surface area (Å²) >= 11 is 5.65. The number of aromatic nitrogens is 3. The average molecular weight is 487 g/mol. The maximum atomic E-state index is 13.5. The summed E-state index contributed by atoms with van der Waals surface area (Å²) in [6.45, 7) is 3.94. The molecular formula is C24H24ClFN4O4. The molecule has 3 aromatic rings. The molecule has 0 spiro atoms. The van der Waals surface area contributed by atoms with Crippen LogP contribution in [0, 0.1) is 12.7 Å². The summed E-state index contributed by atoms with van der Waals surface area (Å²) in [7, 11) is 0. The smallest absolute Gasteiger partial charge is 0.258 e. The molecule has 178 valence electrons. The highest BCUT2D eigenvalue weighted by molar-refractivity contribution is 6.30. The zero-order chi connectivity index (χ0) is 23.9. The van der Waals surface area contributed by atoms with Gasteiger partial charge >= 0.3 is 0 Å². The Bertz CT molecular complexity index is 1230. The first-order chi connectivity index (χ1) is 16.3. The van der Waals surface area contributed by atoms with E-state index in [1.165, 1.54) is 12.1 Å². The van der Waals surface area contributed by atoms with Crippen molar-refractivity contribution in [2.75, 3.05) is 6.61 Å². The minimum absolute atomic E-state index is 0.00424. The SMILES string of the molecule is CCc1nc(C)ccc1OCc1nnc(C23CC(NC(=O)COc4ccc(Cl)c(F)c4)(C2)C3)o1. The van der Waals surface area contributed by atoms with E-state index in [1.807, 2.05) is 26.0 Å². The molecule has 0 atom stereocenters. The molecule has 0 radical (unpaired) electrons. The van der Waals surface area contributed by atoms with E-state index < -0.39 is 5.82 Å². The Morgan fingerprint density at radius 3 is 2.74 bits per heavy atom. The van der Waals surface area contributed by atoms with Crippen molar-refractivity contribution in [1.29, 1.82) is 0 Å². The van der Waals surface area contributed by atoms with Crippen LogP contribution in [0.2, 0.25) is 5.02 Å². The van der Waals surface area contributed by atoms with Crippen molar-refractivity contribution in [2.45, 2.75) is 57.1 Å². The van der Waals surface area contributed by atoms with Gasteiger partial charge in [-0.3, -0.25) is 9.78 Å². The predicted molar refractivity (Wildman–Crippen MR) is 120 cm³/mol. The van der Waals surface area contributed by atoms with Crippen LogP contribution in [0.25, 0.3) is 0 Å². The molecule has 8 nitrogen and oxygen atoms in total. The van der Waals surface area contributed by atoms with Crippen LogP contribution in [0.5, 0.6) is 11.5 Å². The molecule has 0 unspecified atom stereocenters. The minimum Gasteiger partial charge on any atom is -0.484 e. The molecule has 1 amide bonds. The number of carbonyl (C=O) groups excluding carboxylic acids is 1. The molecule has 2 heterocycles. The summed E-state index contributed by atoms with van der Waals surface area (Å²) in [5.41, 5.74) is 1.36. The van der Waals surface area contributed by atoms with Crippen molar-refractivity contribution < 1.29 is 23.1 Å². The van der Waals surface area contributed by atoms with Gasteiger partial charge < -0.3 is 19.2 Å². The summed E-state index contributed by atoms with van der Waals surface area (Å²) in [4.78, 5) is 16.8. The van der Waals surface area contributed by atoms with Crippen LogP contribution in [0.3, 0.4) is 0 Å². The number of halogens is 2. The Hall–Kier alpha value is -3.20. The van der Waals surface area contributed by atoms with Gasteiger partial charge in [0.15, 0.2) is 13.2 Å². The fourth-order valence-electron chi connectivity index (χ4n) is 4.84. The second-order valence-electron chi connectivity index (χ2n) is 9.04. The normalized spacial score (nSPS) is 22.5. The highest BCUT2D eigenvalue weighted by Crippen LogP contribution is 2.67. The number of nitrogens with one attached hydrogen (secondary N) is 1. The van der Waals surface area contributed by atoms with Gasteiger partial charge in [-0.15, -0.1) is 10.2 Å². The summed E-state index contributed by atoms with van der Waals surface area (Å²) in [6.07, 6.45) is 2.95. The van der Waals surface area contributed by atoms with Gasteiger partial charge in [-0.2, -0.15) is 0 Å². The Balaban J connectivity index is 1.11. The van der Waals surface area contributed by atoms with Gasteiger partial charge in [-0.05, 0) is 56.9 Å². The van der Waals surface area contributed by atoms with Gasteiger partial charge in [0, 0.05) is 17.3 Å². The number of amides is 1. The first kappa shape index (κ1) is 22.6. The van der Waals surface area contributed by atoms with E-state index in [2.05, 4.69) is 20.5 Å². The second-order valence-corrected chi connectivity index (χ2v) is 9.45. The first-order valence-electron chi connectivity index (χ1n) is 11.1. The van der Waals surface area contributed by atoms with E-state index in [-0.39, 0.29) is 40.8 Å². The van der Waals surface area contributed by atoms with Gasteiger partial charge in [0.25, 0.3) is 11.8 Å². The maximum absolute atomic E-state index is 13.5. The van der Waals surface area contributed by atoms with E-state index in [9.17, 15) is 9.18 Å². The lowest BCUT2D eigenvalue weighted by molar-refractivity contribution is -0.143. The van der Waals surface area contributed by atoms with E-state index in [0.717, 1.165) is 43.1 Å². The Labute approximate surface area is 200 Å². The van der Waals surface area contributed by atoms with Crippen molar-refractivity contribution in [3.8, 4) is 11.5 Å². The lowest BCUT2D eigenvalue weighted by Gasteiger charge is -2.68. The van der Waals surface area contributed by atoms with Crippen LogP contribution in [-0.4, -0.2) is 33.2 Å². The van der Waals surface area contributed by atoms with Crippen LogP contribution in [-0.2, 0) is 23.2 Å². The summed E-state index contributed by atoms with van der Waals surface area (Å²) < 4.78 is 30.6. The molecule has 3 aliphatic carbocycles. The Morgan fingerprint density at radius 2 is 2.00 bits per heavy atom. The lowest BCUT2D eigenvalue weighted by atomic mass is 9.39. The third-order valence-electron chi connectivity index (χ3n) is 6.37. The number of aryl methyl sites for hydroxylation is 2. The first-order valence-corrected chi connectivity index (χ1v) is 11.5. The molecule has 3 fully saturated rings. The molecule has 0 aliphatic heterocycles. The largest absolute Gasteiger partial charge is 0.484 e. The van der Waals surface area contributed by atoms with Gasteiger partial charge in [0.05, 0.1) is 16.1 Å². The van der Waals surface area contributed by atoms with Crippen molar-refractivity contribution in [1.82, 2.24) is 20.5 Å². The van der Waals surface area contributed by atoms with Crippen LogP contribution >= 0.6 is 11.6 Å². The van der Waals surface area contributed by atoms with Crippen molar-refractivity contribution in [2.24, 2.45) is 0 Å². The zero-order valence-electron chi connectivity index (χ0n) is 18.9. The number of nitrogens with zero attached hydrogens (tertiary/aromatic N) is 3. The summed E-state index contributed by atoms with van der Waals surface area (Å²) in [6, 6.07) is 7.87. The van der Waals surface area contributed by atoms with Crippen molar-refractivity contribution >= 4 is 17.5 Å². The van der Waals surface area contributed by atoms with Gasteiger partial charge in [0.1, 0.15) is 17.3 Å². The Morgan fingerprint density at radius 1 is 1.21 bits per heavy atom. The molecule has 10 heteroatoms. The number of rotatable bonds is 9. The quantitative estimate of drug-likeness (QED) is 0.486. The molecule has 34 heavy (non-hydrogen) atoms. The lowest BCUT2D eigenvalue weighted by Crippen LogP contribution is -2.77. The third-order valence-corrected chi connectivity index (χ3v) is 6.68. The molecule has 0 saturated heterocycles. The number of ether oxygens (including phenoxy) is 2. The van der Waals surface area contributed by atoms with Gasteiger partial charge in [0.2, 0.25) is 5.89 Å². The van der Waals surface area contributed by atoms with E-state index in [0.29, 0.717) is 17.5 Å². The molecule has 2 aromatic heterocycles. The number of hydrogen-bond acceptors (Lipinski definition) is 7. The molecular weight excluding hydrogens is 463 g/mol. The topological polar surface area (TPSA) is 99.4 Å². The molecule has 6 rings (SSSR count). The third kappa shape index (κ3) is 4.20. The van der Waals surface area contributed by atoms with Crippen LogP contribution in [0.1, 0.15) is 49.4 Å². The fraction of sp³-hybridized carbons (Fsp3) is 0.417. The van der Waals surface area contributed by atoms with Crippen molar-refractivity contribution in [3.05, 3.63) is 64.3 Å².